The maximum absolute atomic E-state index is 12.7. The molecule has 2 aliphatic rings. The van der Waals surface area contributed by atoms with E-state index in [2.05, 4.69) is 10.3 Å². The van der Waals surface area contributed by atoms with Crippen molar-refractivity contribution in [1.29, 1.82) is 0 Å². The summed E-state index contributed by atoms with van der Waals surface area (Å²) in [6.45, 7) is 2.77. The van der Waals surface area contributed by atoms with Crippen molar-refractivity contribution in [2.75, 3.05) is 6.54 Å². The Morgan fingerprint density at radius 2 is 2.19 bits per heavy atom. The van der Waals surface area contributed by atoms with Crippen molar-refractivity contribution in [3.05, 3.63) is 16.1 Å². The number of fused-ring (bicyclic) bond motifs is 2. The minimum atomic E-state index is -4.33. The Bertz CT molecular complexity index is 486. The van der Waals surface area contributed by atoms with Gasteiger partial charge in [0.2, 0.25) is 0 Å². The Morgan fingerprint density at radius 3 is 2.71 bits per heavy atom. The summed E-state index contributed by atoms with van der Waals surface area (Å²) in [6, 6.07) is 0.0212. The molecule has 0 spiro atoms. The van der Waals surface area contributed by atoms with Crippen LogP contribution in [0.1, 0.15) is 55.0 Å². The molecule has 2 nitrogen and oxygen atoms in total. The standard InChI is InChI=1S/C15H21F3N2S/c1-2-19-12(7-11-6-9-3-4-10(11)5-9)13-8-20-14(21-13)15(16,17)18/h8-12,19H,2-7H2,1H3. The third kappa shape index (κ3) is 3.26. The van der Waals surface area contributed by atoms with E-state index in [9.17, 15) is 13.2 Å². The zero-order chi connectivity index (χ0) is 15.0. The molecule has 0 aromatic carbocycles. The monoisotopic (exact) mass is 318 g/mol. The van der Waals surface area contributed by atoms with E-state index in [1.165, 1.54) is 31.9 Å². The van der Waals surface area contributed by atoms with Crippen LogP contribution in [-0.4, -0.2) is 11.5 Å². The summed E-state index contributed by atoms with van der Waals surface area (Å²) >= 11 is 0.793. The third-order valence-electron chi connectivity index (χ3n) is 4.98. The topological polar surface area (TPSA) is 24.9 Å². The van der Waals surface area contributed by atoms with Crippen molar-refractivity contribution in [3.63, 3.8) is 0 Å². The molecule has 0 aliphatic heterocycles. The molecule has 4 atom stereocenters. The molecule has 118 valence electrons. The van der Waals surface area contributed by atoms with E-state index in [0.717, 1.165) is 41.0 Å². The van der Waals surface area contributed by atoms with E-state index in [1.54, 1.807) is 0 Å². The molecule has 2 saturated carbocycles. The molecule has 4 unspecified atom stereocenters. The van der Waals surface area contributed by atoms with Crippen LogP contribution in [0.15, 0.2) is 6.20 Å². The minimum absolute atomic E-state index is 0.0212. The number of aromatic nitrogens is 1. The summed E-state index contributed by atoms with van der Waals surface area (Å²) in [5.74, 6) is 2.34. The fourth-order valence-electron chi connectivity index (χ4n) is 4.09. The molecule has 1 N–H and O–H groups in total. The van der Waals surface area contributed by atoms with Crippen LogP contribution >= 0.6 is 11.3 Å². The first-order valence-corrected chi connectivity index (χ1v) is 8.55. The first-order valence-electron chi connectivity index (χ1n) is 7.73. The van der Waals surface area contributed by atoms with Gasteiger partial charge in [0.25, 0.3) is 0 Å². The fraction of sp³-hybridized carbons (Fsp3) is 0.800. The molecule has 1 aromatic rings. The largest absolute Gasteiger partial charge is 0.443 e. The number of hydrogen-bond acceptors (Lipinski definition) is 3. The van der Waals surface area contributed by atoms with Crippen molar-refractivity contribution in [2.24, 2.45) is 17.8 Å². The van der Waals surface area contributed by atoms with Gasteiger partial charge in [-0.3, -0.25) is 0 Å². The second-order valence-electron chi connectivity index (χ2n) is 6.35. The first-order chi connectivity index (χ1) is 9.97. The van der Waals surface area contributed by atoms with Gasteiger partial charge < -0.3 is 5.32 Å². The quantitative estimate of drug-likeness (QED) is 0.855. The number of halogens is 3. The summed E-state index contributed by atoms with van der Waals surface area (Å²) in [5.41, 5.74) is 0. The molecule has 0 saturated heterocycles. The zero-order valence-electron chi connectivity index (χ0n) is 12.1. The summed E-state index contributed by atoms with van der Waals surface area (Å²) in [7, 11) is 0. The number of alkyl halides is 3. The van der Waals surface area contributed by atoms with E-state index in [0.29, 0.717) is 5.92 Å². The van der Waals surface area contributed by atoms with Crippen LogP contribution in [0.3, 0.4) is 0 Å². The summed E-state index contributed by atoms with van der Waals surface area (Å²) in [6.07, 6.45) is 3.29. The number of hydrogen-bond donors (Lipinski definition) is 1. The van der Waals surface area contributed by atoms with Crippen molar-refractivity contribution in [2.45, 2.75) is 51.2 Å². The van der Waals surface area contributed by atoms with Gasteiger partial charge >= 0.3 is 6.18 Å². The molecule has 3 rings (SSSR count). The van der Waals surface area contributed by atoms with Crippen LogP contribution in [-0.2, 0) is 6.18 Å². The van der Waals surface area contributed by atoms with Gasteiger partial charge in [0, 0.05) is 17.1 Å². The van der Waals surface area contributed by atoms with Gasteiger partial charge in [-0.25, -0.2) is 4.98 Å². The SMILES string of the molecule is CCNC(CC1CC2CCC1C2)c1cnc(C(F)(F)F)s1. The lowest BCUT2D eigenvalue weighted by molar-refractivity contribution is -0.137. The van der Waals surface area contributed by atoms with E-state index in [4.69, 9.17) is 0 Å². The maximum Gasteiger partial charge on any atom is 0.443 e. The summed E-state index contributed by atoms with van der Waals surface area (Å²) in [5, 5.41) is 2.62. The van der Waals surface area contributed by atoms with Crippen LogP contribution in [0, 0.1) is 17.8 Å². The normalized spacial score (nSPS) is 30.0. The van der Waals surface area contributed by atoms with Crippen molar-refractivity contribution >= 4 is 11.3 Å². The van der Waals surface area contributed by atoms with Gasteiger partial charge in [0.05, 0.1) is 0 Å². The highest BCUT2D eigenvalue weighted by Gasteiger charge is 2.41. The van der Waals surface area contributed by atoms with Gasteiger partial charge in [0.1, 0.15) is 0 Å². The Morgan fingerprint density at radius 1 is 1.38 bits per heavy atom. The molecule has 1 heterocycles. The molecule has 0 radical (unpaired) electrons. The lowest BCUT2D eigenvalue weighted by Crippen LogP contribution is -2.24. The average Bonchev–Trinajstić information content (AvgIpc) is 3.13. The van der Waals surface area contributed by atoms with Crippen molar-refractivity contribution < 1.29 is 13.2 Å². The molecule has 2 bridgehead atoms. The molecule has 21 heavy (non-hydrogen) atoms. The van der Waals surface area contributed by atoms with Crippen molar-refractivity contribution in [3.8, 4) is 0 Å². The molecule has 1 aromatic heterocycles. The Balaban J connectivity index is 1.70. The molecular formula is C15H21F3N2S. The predicted octanol–water partition coefficient (Wildman–Crippen LogP) is 4.64. The second kappa shape index (κ2) is 5.88. The lowest BCUT2D eigenvalue weighted by Gasteiger charge is -2.26. The molecular weight excluding hydrogens is 297 g/mol. The maximum atomic E-state index is 12.7. The predicted molar refractivity (Wildman–Crippen MR) is 77.1 cm³/mol. The van der Waals surface area contributed by atoms with E-state index in [-0.39, 0.29) is 6.04 Å². The summed E-state index contributed by atoms with van der Waals surface area (Å²) in [4.78, 5) is 4.30. The molecule has 6 heteroatoms. The fourth-order valence-corrected chi connectivity index (χ4v) is 4.96. The van der Waals surface area contributed by atoms with Gasteiger partial charge in [-0.05, 0) is 50.0 Å². The Labute approximate surface area is 127 Å². The van der Waals surface area contributed by atoms with Gasteiger partial charge in [-0.1, -0.05) is 13.3 Å². The average molecular weight is 318 g/mol. The highest BCUT2D eigenvalue weighted by Crippen LogP contribution is 2.51. The number of nitrogens with one attached hydrogen (secondary N) is 1. The molecule has 0 amide bonds. The van der Waals surface area contributed by atoms with Crippen LogP contribution < -0.4 is 5.32 Å². The van der Waals surface area contributed by atoms with Gasteiger partial charge in [0.15, 0.2) is 5.01 Å². The van der Waals surface area contributed by atoms with E-state index in [1.807, 2.05) is 6.92 Å². The number of thiazole rings is 1. The van der Waals surface area contributed by atoms with Crippen LogP contribution in [0.4, 0.5) is 13.2 Å². The van der Waals surface area contributed by atoms with Crippen LogP contribution in [0.25, 0.3) is 0 Å². The smallest absolute Gasteiger partial charge is 0.309 e. The Hall–Kier alpha value is -0.620. The van der Waals surface area contributed by atoms with Crippen LogP contribution in [0.2, 0.25) is 0 Å². The molecule has 2 fully saturated rings. The number of nitrogens with zero attached hydrogens (tertiary/aromatic N) is 1. The minimum Gasteiger partial charge on any atom is -0.309 e. The van der Waals surface area contributed by atoms with Gasteiger partial charge in [-0.2, -0.15) is 13.2 Å². The zero-order valence-corrected chi connectivity index (χ0v) is 12.9. The Kier molecular flexibility index (Phi) is 4.28. The molecule has 2 aliphatic carbocycles. The van der Waals surface area contributed by atoms with E-state index >= 15 is 0 Å². The first kappa shape index (κ1) is 15.3. The summed E-state index contributed by atoms with van der Waals surface area (Å²) < 4.78 is 38.1. The highest BCUT2D eigenvalue weighted by molar-refractivity contribution is 7.11. The highest BCUT2D eigenvalue weighted by atomic mass is 32.1. The van der Waals surface area contributed by atoms with E-state index < -0.39 is 11.2 Å². The third-order valence-corrected chi connectivity index (χ3v) is 6.14. The number of rotatable bonds is 5. The van der Waals surface area contributed by atoms with Gasteiger partial charge in [-0.15, -0.1) is 11.3 Å². The van der Waals surface area contributed by atoms with Crippen molar-refractivity contribution in [1.82, 2.24) is 10.3 Å². The second-order valence-corrected chi connectivity index (χ2v) is 7.41. The lowest BCUT2D eigenvalue weighted by atomic mass is 9.84. The van der Waals surface area contributed by atoms with Crippen LogP contribution in [0.5, 0.6) is 0 Å².